The summed E-state index contributed by atoms with van der Waals surface area (Å²) < 4.78 is 0. The van der Waals surface area contributed by atoms with E-state index in [0.717, 1.165) is 5.03 Å². The van der Waals surface area contributed by atoms with Gasteiger partial charge in [0.1, 0.15) is 5.03 Å². The van der Waals surface area contributed by atoms with Gasteiger partial charge in [-0.3, -0.25) is 0 Å². The van der Waals surface area contributed by atoms with Crippen molar-refractivity contribution >= 4 is 40.9 Å². The lowest BCUT2D eigenvalue weighted by Crippen LogP contribution is -2.00. The number of halogens is 2. The third-order valence-electron chi connectivity index (χ3n) is 1.71. The van der Waals surface area contributed by atoms with E-state index in [1.54, 1.807) is 25.4 Å². The fraction of sp³-hybridized carbons (Fsp3) is 0.111. The van der Waals surface area contributed by atoms with Crippen LogP contribution in [0.3, 0.4) is 0 Å². The van der Waals surface area contributed by atoms with Gasteiger partial charge < -0.3 is 5.32 Å². The van der Waals surface area contributed by atoms with Gasteiger partial charge in [-0.2, -0.15) is 15.0 Å². The predicted molar refractivity (Wildman–Crippen MR) is 67.8 cm³/mol. The molecule has 8 heteroatoms. The van der Waals surface area contributed by atoms with Gasteiger partial charge in [0.15, 0.2) is 5.16 Å². The molecule has 0 unspecified atom stereocenters. The van der Waals surface area contributed by atoms with Gasteiger partial charge in [-0.25, -0.2) is 4.98 Å². The molecule has 0 spiro atoms. The topological polar surface area (TPSA) is 63.6 Å². The molecule has 0 amide bonds. The van der Waals surface area contributed by atoms with Crippen LogP contribution in [0.25, 0.3) is 0 Å². The van der Waals surface area contributed by atoms with Crippen molar-refractivity contribution in [1.82, 2.24) is 19.9 Å². The Bertz CT molecular complexity index is 519. The van der Waals surface area contributed by atoms with Crippen LogP contribution in [0.4, 0.5) is 5.95 Å². The van der Waals surface area contributed by atoms with Crippen molar-refractivity contribution in [3.8, 4) is 0 Å². The standard InChI is InChI=1S/C9H7Cl2N5S/c1-12-8-14-7(11)15-9(16-8)17-6-3-2-5(10)4-13-6/h2-4H,1H3,(H,12,14,15,16). The van der Waals surface area contributed by atoms with Crippen LogP contribution in [-0.4, -0.2) is 27.0 Å². The molecule has 0 aliphatic heterocycles. The number of hydrogen-bond donors (Lipinski definition) is 1. The Morgan fingerprint density at radius 1 is 1.18 bits per heavy atom. The van der Waals surface area contributed by atoms with Crippen LogP contribution in [0.15, 0.2) is 28.5 Å². The van der Waals surface area contributed by atoms with Crippen molar-refractivity contribution in [2.24, 2.45) is 0 Å². The fourth-order valence-electron chi connectivity index (χ4n) is 1.01. The highest BCUT2D eigenvalue weighted by Gasteiger charge is 2.06. The molecule has 0 aliphatic carbocycles. The SMILES string of the molecule is CNc1nc(Cl)nc(Sc2ccc(Cl)cn2)n1. The first-order valence-corrected chi connectivity index (χ1v) is 6.13. The molecule has 0 saturated heterocycles. The summed E-state index contributed by atoms with van der Waals surface area (Å²) in [4.78, 5) is 16.1. The molecule has 0 bridgehead atoms. The Labute approximate surface area is 112 Å². The van der Waals surface area contributed by atoms with E-state index in [1.165, 1.54) is 11.8 Å². The van der Waals surface area contributed by atoms with Gasteiger partial charge in [0, 0.05) is 13.2 Å². The molecule has 0 aromatic carbocycles. The molecule has 5 nitrogen and oxygen atoms in total. The second kappa shape index (κ2) is 5.48. The maximum absolute atomic E-state index is 5.76. The first-order chi connectivity index (χ1) is 8.17. The Morgan fingerprint density at radius 2 is 2.00 bits per heavy atom. The normalized spacial score (nSPS) is 10.3. The zero-order valence-corrected chi connectivity index (χ0v) is 11.0. The molecule has 0 atom stereocenters. The minimum absolute atomic E-state index is 0.140. The molecule has 17 heavy (non-hydrogen) atoms. The predicted octanol–water partition coefficient (Wildman–Crippen LogP) is 2.77. The third kappa shape index (κ3) is 3.42. The molecule has 2 aromatic heterocycles. The van der Waals surface area contributed by atoms with Crippen LogP contribution in [-0.2, 0) is 0 Å². The number of rotatable bonds is 3. The molecule has 2 aromatic rings. The van der Waals surface area contributed by atoms with Crippen molar-refractivity contribution in [3.05, 3.63) is 28.6 Å². The summed E-state index contributed by atoms with van der Waals surface area (Å²) in [7, 11) is 1.71. The average molecular weight is 288 g/mol. The first-order valence-electron chi connectivity index (χ1n) is 4.56. The summed E-state index contributed by atoms with van der Waals surface area (Å²) >= 11 is 12.8. The Morgan fingerprint density at radius 3 is 2.65 bits per heavy atom. The van der Waals surface area contributed by atoms with E-state index in [2.05, 4.69) is 25.3 Å². The zero-order chi connectivity index (χ0) is 12.3. The molecule has 0 fully saturated rings. The summed E-state index contributed by atoms with van der Waals surface area (Å²) in [5.74, 6) is 0.418. The quantitative estimate of drug-likeness (QED) is 0.937. The monoisotopic (exact) mass is 287 g/mol. The van der Waals surface area contributed by atoms with Gasteiger partial charge in [0.2, 0.25) is 11.2 Å². The molecule has 2 heterocycles. The summed E-state index contributed by atoms with van der Waals surface area (Å²) in [6.45, 7) is 0. The summed E-state index contributed by atoms with van der Waals surface area (Å²) in [5.41, 5.74) is 0. The molecule has 0 saturated carbocycles. The van der Waals surface area contributed by atoms with E-state index in [1.807, 2.05) is 0 Å². The number of nitrogens with zero attached hydrogens (tertiary/aromatic N) is 4. The molecular formula is C9H7Cl2N5S. The highest BCUT2D eigenvalue weighted by molar-refractivity contribution is 7.99. The van der Waals surface area contributed by atoms with Gasteiger partial charge in [-0.1, -0.05) is 11.6 Å². The average Bonchev–Trinajstić information content (AvgIpc) is 2.31. The van der Waals surface area contributed by atoms with Crippen molar-refractivity contribution in [2.75, 3.05) is 12.4 Å². The van der Waals surface area contributed by atoms with Crippen molar-refractivity contribution < 1.29 is 0 Å². The van der Waals surface area contributed by atoms with Crippen LogP contribution in [0.5, 0.6) is 0 Å². The molecule has 0 radical (unpaired) electrons. The van der Waals surface area contributed by atoms with Crippen LogP contribution in [0.2, 0.25) is 10.3 Å². The molecule has 88 valence electrons. The van der Waals surface area contributed by atoms with Crippen LogP contribution in [0, 0.1) is 0 Å². The number of nitrogens with one attached hydrogen (secondary N) is 1. The summed E-state index contributed by atoms with van der Waals surface area (Å²) in [6.07, 6.45) is 1.56. The molecule has 2 rings (SSSR count). The number of pyridine rings is 1. The van der Waals surface area contributed by atoms with Crippen molar-refractivity contribution in [2.45, 2.75) is 10.2 Å². The smallest absolute Gasteiger partial charge is 0.228 e. The van der Waals surface area contributed by atoms with Gasteiger partial charge in [-0.15, -0.1) is 0 Å². The van der Waals surface area contributed by atoms with E-state index in [0.29, 0.717) is 16.1 Å². The minimum Gasteiger partial charge on any atom is -0.357 e. The van der Waals surface area contributed by atoms with E-state index in [-0.39, 0.29) is 5.28 Å². The van der Waals surface area contributed by atoms with E-state index >= 15 is 0 Å². The molecule has 0 aliphatic rings. The maximum Gasteiger partial charge on any atom is 0.228 e. The highest BCUT2D eigenvalue weighted by Crippen LogP contribution is 2.24. The largest absolute Gasteiger partial charge is 0.357 e. The van der Waals surface area contributed by atoms with Crippen LogP contribution < -0.4 is 5.32 Å². The Balaban J connectivity index is 2.23. The first kappa shape index (κ1) is 12.3. The third-order valence-corrected chi connectivity index (χ3v) is 2.92. The van der Waals surface area contributed by atoms with Crippen molar-refractivity contribution in [1.29, 1.82) is 0 Å². The van der Waals surface area contributed by atoms with E-state index in [4.69, 9.17) is 23.2 Å². The number of anilines is 1. The van der Waals surface area contributed by atoms with Gasteiger partial charge in [0.25, 0.3) is 0 Å². The Kier molecular flexibility index (Phi) is 3.98. The lowest BCUT2D eigenvalue weighted by atomic mass is 10.5. The lowest BCUT2D eigenvalue weighted by molar-refractivity contribution is 0.905. The second-order valence-electron chi connectivity index (χ2n) is 2.88. The lowest BCUT2D eigenvalue weighted by Gasteiger charge is -2.02. The summed E-state index contributed by atoms with van der Waals surface area (Å²) in [5, 5.41) is 4.73. The zero-order valence-electron chi connectivity index (χ0n) is 8.69. The number of hydrogen-bond acceptors (Lipinski definition) is 6. The van der Waals surface area contributed by atoms with Gasteiger partial charge in [0.05, 0.1) is 5.02 Å². The molecule has 1 N–H and O–H groups in total. The second-order valence-corrected chi connectivity index (χ2v) is 4.64. The van der Waals surface area contributed by atoms with Crippen LogP contribution >= 0.6 is 35.0 Å². The highest BCUT2D eigenvalue weighted by atomic mass is 35.5. The minimum atomic E-state index is 0.140. The van der Waals surface area contributed by atoms with E-state index < -0.39 is 0 Å². The van der Waals surface area contributed by atoms with Gasteiger partial charge >= 0.3 is 0 Å². The fourth-order valence-corrected chi connectivity index (χ4v) is 2.02. The number of aromatic nitrogens is 4. The van der Waals surface area contributed by atoms with Crippen molar-refractivity contribution in [3.63, 3.8) is 0 Å². The summed E-state index contributed by atoms with van der Waals surface area (Å²) in [6, 6.07) is 3.53. The van der Waals surface area contributed by atoms with Gasteiger partial charge in [-0.05, 0) is 35.5 Å². The van der Waals surface area contributed by atoms with E-state index in [9.17, 15) is 0 Å². The Hall–Kier alpha value is -1.11. The molecular weight excluding hydrogens is 281 g/mol. The maximum atomic E-state index is 5.76. The van der Waals surface area contributed by atoms with Crippen LogP contribution in [0.1, 0.15) is 0 Å².